The predicted octanol–water partition coefficient (Wildman–Crippen LogP) is -0.524. The van der Waals surface area contributed by atoms with E-state index in [1.807, 2.05) is 0 Å². The summed E-state index contributed by atoms with van der Waals surface area (Å²) in [4.78, 5) is 13.8. The molecule has 0 bridgehead atoms. The van der Waals surface area contributed by atoms with Gasteiger partial charge >= 0.3 is 0 Å². The van der Waals surface area contributed by atoms with Gasteiger partial charge in [-0.15, -0.1) is 0 Å². The summed E-state index contributed by atoms with van der Waals surface area (Å²) in [7, 11) is 2.05. The van der Waals surface area contributed by atoms with Crippen molar-refractivity contribution in [2.45, 2.75) is 18.9 Å². The van der Waals surface area contributed by atoms with Crippen LogP contribution in [0.5, 0.6) is 0 Å². The van der Waals surface area contributed by atoms with E-state index in [1.54, 1.807) is 0 Å². The van der Waals surface area contributed by atoms with Crippen molar-refractivity contribution < 1.29 is 9.42 Å². The second-order valence-electron chi connectivity index (χ2n) is 3.98. The quantitative estimate of drug-likeness (QED) is 0.718. The summed E-state index contributed by atoms with van der Waals surface area (Å²) >= 11 is 0. The Morgan fingerprint density at radius 3 is 3.06 bits per heavy atom. The largest absolute Gasteiger partial charge is 0.379 e. The maximum Gasteiger partial charge on any atom is 0.277 e. The Balaban J connectivity index is 1.86. The Morgan fingerprint density at radius 1 is 1.69 bits per heavy atom. The summed E-state index contributed by atoms with van der Waals surface area (Å²) in [6.07, 6.45) is 2.27. The lowest BCUT2D eigenvalue weighted by Gasteiger charge is -2.19. The lowest BCUT2D eigenvalue weighted by atomic mass is 10.2. The van der Waals surface area contributed by atoms with E-state index < -0.39 is 0 Å². The van der Waals surface area contributed by atoms with Crippen LogP contribution < -0.4 is 11.1 Å². The number of nitrogens with two attached hydrogens (primary N) is 1. The molecule has 1 aromatic rings. The van der Waals surface area contributed by atoms with E-state index in [9.17, 15) is 4.79 Å². The molecule has 7 nitrogen and oxygen atoms in total. The van der Waals surface area contributed by atoms with Gasteiger partial charge in [0.2, 0.25) is 11.5 Å². The molecule has 2 heterocycles. The standard InChI is InChI=1S/C9H15N5O2/c1-14-4-2-3-6(14)5-11-9(15)7-8(10)13-16-12-7/h6H,2-5H2,1H3,(H2,10,13)(H,11,15). The third-order valence-electron chi connectivity index (χ3n) is 2.90. The average molecular weight is 225 g/mol. The first-order valence-corrected chi connectivity index (χ1v) is 5.25. The van der Waals surface area contributed by atoms with E-state index in [0.29, 0.717) is 12.6 Å². The number of likely N-dealkylation sites (tertiary alicyclic amines) is 1. The van der Waals surface area contributed by atoms with E-state index in [1.165, 1.54) is 6.42 Å². The van der Waals surface area contributed by atoms with Crippen LogP contribution in [0.1, 0.15) is 23.3 Å². The zero-order valence-electron chi connectivity index (χ0n) is 9.14. The molecule has 0 aliphatic carbocycles. The molecular weight excluding hydrogens is 210 g/mol. The number of nitrogens with one attached hydrogen (secondary N) is 1. The molecule has 0 saturated carbocycles. The van der Waals surface area contributed by atoms with Gasteiger partial charge in [-0.1, -0.05) is 0 Å². The number of hydrogen-bond acceptors (Lipinski definition) is 6. The van der Waals surface area contributed by atoms with Gasteiger partial charge in [0.25, 0.3) is 5.91 Å². The summed E-state index contributed by atoms with van der Waals surface area (Å²) < 4.78 is 4.36. The molecule has 1 fully saturated rings. The minimum absolute atomic E-state index is 0.0253. The number of nitrogen functional groups attached to an aromatic ring is 1. The van der Waals surface area contributed by atoms with E-state index in [4.69, 9.17) is 5.73 Å². The molecule has 1 saturated heterocycles. The van der Waals surface area contributed by atoms with Crippen LogP contribution in [-0.2, 0) is 0 Å². The number of hydrogen-bond donors (Lipinski definition) is 2. The maximum atomic E-state index is 11.6. The van der Waals surface area contributed by atoms with Crippen LogP contribution >= 0.6 is 0 Å². The molecule has 1 aliphatic rings. The van der Waals surface area contributed by atoms with Crippen LogP contribution in [0.15, 0.2) is 4.63 Å². The van der Waals surface area contributed by atoms with Gasteiger partial charge in [-0.3, -0.25) is 4.79 Å². The van der Waals surface area contributed by atoms with Crippen molar-refractivity contribution in [3.8, 4) is 0 Å². The first-order valence-electron chi connectivity index (χ1n) is 5.25. The third-order valence-corrected chi connectivity index (χ3v) is 2.90. The second-order valence-corrected chi connectivity index (χ2v) is 3.98. The van der Waals surface area contributed by atoms with Crippen molar-refractivity contribution in [3.63, 3.8) is 0 Å². The molecule has 0 spiro atoms. The molecule has 3 N–H and O–H groups in total. The van der Waals surface area contributed by atoms with E-state index >= 15 is 0 Å². The fraction of sp³-hybridized carbons (Fsp3) is 0.667. The van der Waals surface area contributed by atoms with E-state index in [0.717, 1.165) is 13.0 Å². The van der Waals surface area contributed by atoms with Crippen molar-refractivity contribution in [1.82, 2.24) is 20.5 Å². The van der Waals surface area contributed by atoms with Crippen LogP contribution in [-0.4, -0.2) is 47.3 Å². The number of anilines is 1. The molecule has 1 atom stereocenters. The molecular formula is C9H15N5O2. The molecule has 1 aromatic heterocycles. The monoisotopic (exact) mass is 225 g/mol. The summed E-state index contributed by atoms with van der Waals surface area (Å²) in [5, 5.41) is 9.57. The topological polar surface area (TPSA) is 97.3 Å². The lowest BCUT2D eigenvalue weighted by Crippen LogP contribution is -2.38. The Hall–Kier alpha value is -1.63. The molecule has 1 aliphatic heterocycles. The van der Waals surface area contributed by atoms with Crippen LogP contribution in [0.4, 0.5) is 5.82 Å². The molecule has 16 heavy (non-hydrogen) atoms. The predicted molar refractivity (Wildman–Crippen MR) is 56.7 cm³/mol. The fourth-order valence-electron chi connectivity index (χ4n) is 1.88. The lowest BCUT2D eigenvalue weighted by molar-refractivity contribution is 0.0934. The third kappa shape index (κ3) is 2.13. The molecule has 7 heteroatoms. The minimum Gasteiger partial charge on any atom is -0.379 e. The Morgan fingerprint density at radius 2 is 2.50 bits per heavy atom. The average Bonchev–Trinajstić information content (AvgIpc) is 2.84. The van der Waals surface area contributed by atoms with Crippen LogP contribution in [0.3, 0.4) is 0 Å². The van der Waals surface area contributed by atoms with Gasteiger partial charge in [-0.2, -0.15) is 0 Å². The van der Waals surface area contributed by atoms with Crippen molar-refractivity contribution in [2.24, 2.45) is 0 Å². The molecule has 0 aromatic carbocycles. The number of rotatable bonds is 3. The zero-order valence-corrected chi connectivity index (χ0v) is 9.14. The second kappa shape index (κ2) is 4.48. The Labute approximate surface area is 92.9 Å². The summed E-state index contributed by atoms with van der Waals surface area (Å²) in [6, 6.07) is 0.394. The van der Waals surface area contributed by atoms with Crippen molar-refractivity contribution in [3.05, 3.63) is 5.69 Å². The zero-order chi connectivity index (χ0) is 11.5. The maximum absolute atomic E-state index is 11.6. The van der Waals surface area contributed by atoms with Crippen molar-refractivity contribution in [1.29, 1.82) is 0 Å². The number of nitrogens with zero attached hydrogens (tertiary/aromatic N) is 3. The highest BCUT2D eigenvalue weighted by molar-refractivity contribution is 5.95. The van der Waals surface area contributed by atoms with Crippen molar-refractivity contribution >= 4 is 11.7 Å². The molecule has 2 rings (SSSR count). The number of carbonyl (C=O) groups is 1. The van der Waals surface area contributed by atoms with E-state index in [2.05, 4.69) is 32.2 Å². The van der Waals surface area contributed by atoms with Gasteiger partial charge in [0.05, 0.1) is 0 Å². The Bertz CT molecular complexity index is 378. The number of carbonyl (C=O) groups excluding carboxylic acids is 1. The minimum atomic E-state index is -0.334. The van der Waals surface area contributed by atoms with Crippen molar-refractivity contribution in [2.75, 3.05) is 25.9 Å². The van der Waals surface area contributed by atoms with Gasteiger partial charge < -0.3 is 16.0 Å². The highest BCUT2D eigenvalue weighted by atomic mass is 16.6. The van der Waals surface area contributed by atoms with Crippen LogP contribution in [0.2, 0.25) is 0 Å². The van der Waals surface area contributed by atoms with Crippen LogP contribution in [0.25, 0.3) is 0 Å². The summed E-state index contributed by atoms with van der Waals surface area (Å²) in [5.41, 5.74) is 5.47. The highest BCUT2D eigenvalue weighted by Gasteiger charge is 2.22. The number of amides is 1. The molecule has 1 amide bonds. The fourth-order valence-corrected chi connectivity index (χ4v) is 1.88. The highest BCUT2D eigenvalue weighted by Crippen LogP contribution is 2.13. The van der Waals surface area contributed by atoms with Gasteiger partial charge in [0.1, 0.15) is 0 Å². The molecule has 1 unspecified atom stereocenters. The molecule has 0 radical (unpaired) electrons. The molecule has 88 valence electrons. The van der Waals surface area contributed by atoms with Gasteiger partial charge in [-0.25, -0.2) is 4.63 Å². The first-order chi connectivity index (χ1) is 7.68. The summed E-state index contributed by atoms with van der Waals surface area (Å²) in [5.74, 6) is -0.309. The number of likely N-dealkylation sites (N-methyl/N-ethyl adjacent to an activating group) is 1. The van der Waals surface area contributed by atoms with Crippen LogP contribution in [0, 0.1) is 0 Å². The van der Waals surface area contributed by atoms with Gasteiger partial charge in [-0.05, 0) is 36.7 Å². The Kier molecular flexibility index (Phi) is 3.04. The summed E-state index contributed by atoms with van der Waals surface area (Å²) in [6.45, 7) is 1.68. The smallest absolute Gasteiger partial charge is 0.277 e. The van der Waals surface area contributed by atoms with Gasteiger partial charge in [0, 0.05) is 12.6 Å². The normalized spacial score (nSPS) is 21.2. The number of aromatic nitrogens is 2. The van der Waals surface area contributed by atoms with E-state index in [-0.39, 0.29) is 17.4 Å². The SMILES string of the molecule is CN1CCCC1CNC(=O)c1nonc1N. The first kappa shape index (κ1) is 10.9. The van der Waals surface area contributed by atoms with Gasteiger partial charge in [0.15, 0.2) is 0 Å².